The summed E-state index contributed by atoms with van der Waals surface area (Å²) in [5.41, 5.74) is 1.47. The summed E-state index contributed by atoms with van der Waals surface area (Å²) in [4.78, 5) is 26.7. The molecule has 0 spiro atoms. The second kappa shape index (κ2) is 9.49. The van der Waals surface area contributed by atoms with Crippen molar-refractivity contribution < 1.29 is 40.7 Å². The van der Waals surface area contributed by atoms with E-state index in [0.29, 0.717) is 64.1 Å². The number of alkyl halides is 6. The van der Waals surface area contributed by atoms with E-state index in [0.717, 1.165) is 0 Å². The van der Waals surface area contributed by atoms with Gasteiger partial charge >= 0.3 is 12.4 Å². The number of amides is 2. The predicted octanol–water partition coefficient (Wildman–Crippen LogP) is 3.20. The summed E-state index contributed by atoms with van der Waals surface area (Å²) in [6.07, 6.45) is -8.15. The molecule has 6 nitrogen and oxygen atoms in total. The summed E-state index contributed by atoms with van der Waals surface area (Å²) in [5.74, 6) is -1.25. The van der Waals surface area contributed by atoms with Gasteiger partial charge in [-0.15, -0.1) is 0 Å². The number of nitrogens with zero attached hydrogens (tertiary/aromatic N) is 1. The Bertz CT molecular complexity index is 841. The van der Waals surface area contributed by atoms with Crippen molar-refractivity contribution in [2.45, 2.75) is 43.6 Å². The molecule has 0 bridgehead atoms. The van der Waals surface area contributed by atoms with Gasteiger partial charge in [0.2, 0.25) is 5.91 Å². The van der Waals surface area contributed by atoms with Gasteiger partial charge in [0.25, 0.3) is 5.91 Å². The Morgan fingerprint density at radius 1 is 1.00 bits per heavy atom. The van der Waals surface area contributed by atoms with E-state index < -0.39 is 40.5 Å². The largest absolute Gasteiger partial charge is 0.416 e. The zero-order valence-corrected chi connectivity index (χ0v) is 17.7. The molecule has 2 aliphatic rings. The van der Waals surface area contributed by atoms with Crippen LogP contribution in [0.4, 0.5) is 26.3 Å². The van der Waals surface area contributed by atoms with Gasteiger partial charge in [0.1, 0.15) is 0 Å². The van der Waals surface area contributed by atoms with Crippen molar-refractivity contribution in [1.82, 2.24) is 10.2 Å². The van der Waals surface area contributed by atoms with Crippen LogP contribution in [0.1, 0.15) is 47.2 Å². The first-order valence-electron chi connectivity index (χ1n) is 10.5. The van der Waals surface area contributed by atoms with Crippen molar-refractivity contribution in [3.8, 4) is 0 Å². The topological polar surface area (TPSA) is 84.7 Å². The number of carbonyl (C=O) groups excluding carboxylic acids is 2. The number of hydrogen-bond acceptors (Lipinski definition) is 4. The van der Waals surface area contributed by atoms with E-state index in [-0.39, 0.29) is 24.4 Å². The molecular formula is C21H25F6N3O3. The minimum Gasteiger partial charge on any atom is -0.381 e. The summed E-state index contributed by atoms with van der Waals surface area (Å²) >= 11 is 0. The number of nitrogens with one attached hydrogen (secondary N) is 1. The van der Waals surface area contributed by atoms with Gasteiger partial charge in [-0.1, -0.05) is 0 Å². The Morgan fingerprint density at radius 2 is 1.52 bits per heavy atom. The molecule has 0 atom stereocenters. The summed E-state index contributed by atoms with van der Waals surface area (Å²) in [5, 5.41) is 2.42. The molecule has 12 heteroatoms. The Kier molecular flexibility index (Phi) is 7.27. The summed E-state index contributed by atoms with van der Waals surface area (Å²) < 4.78 is 83.2. The van der Waals surface area contributed by atoms with Gasteiger partial charge in [-0.3, -0.25) is 9.59 Å². The lowest BCUT2D eigenvalue weighted by atomic mass is 9.88. The number of nitrogens with two attached hydrogens (primary N) is 1. The second-order valence-electron chi connectivity index (χ2n) is 8.51. The lowest BCUT2D eigenvalue weighted by Crippen LogP contribution is -2.59. The van der Waals surface area contributed by atoms with Crippen LogP contribution in [-0.2, 0) is 21.9 Å². The molecule has 2 fully saturated rings. The van der Waals surface area contributed by atoms with E-state index >= 15 is 0 Å². The van der Waals surface area contributed by atoms with Crippen LogP contribution in [0.25, 0.3) is 0 Å². The van der Waals surface area contributed by atoms with E-state index in [9.17, 15) is 35.9 Å². The van der Waals surface area contributed by atoms with Crippen LogP contribution in [0.3, 0.4) is 0 Å². The molecule has 0 saturated carbocycles. The quantitative estimate of drug-likeness (QED) is 0.647. The Labute approximate surface area is 186 Å². The fourth-order valence-corrected chi connectivity index (χ4v) is 4.03. The normalized spacial score (nSPS) is 19.9. The van der Waals surface area contributed by atoms with Crippen LogP contribution >= 0.6 is 0 Å². The average Bonchev–Trinajstić information content (AvgIpc) is 2.76. The Balaban J connectivity index is 1.58. The third-order valence-corrected chi connectivity index (χ3v) is 6.11. The molecule has 3 N–H and O–H groups in total. The molecule has 0 aliphatic carbocycles. The smallest absolute Gasteiger partial charge is 0.381 e. The van der Waals surface area contributed by atoms with E-state index in [4.69, 9.17) is 10.5 Å². The monoisotopic (exact) mass is 481 g/mol. The number of halogens is 6. The third kappa shape index (κ3) is 6.17. The maximum absolute atomic E-state index is 13.0. The van der Waals surface area contributed by atoms with Crippen LogP contribution in [0, 0.1) is 5.92 Å². The minimum atomic E-state index is -5.03. The number of hydrogen-bond donors (Lipinski definition) is 2. The molecule has 184 valence electrons. The number of carbonyl (C=O) groups is 2. The Morgan fingerprint density at radius 3 is 2.00 bits per heavy atom. The molecule has 3 rings (SSSR count). The van der Waals surface area contributed by atoms with E-state index in [1.165, 1.54) is 0 Å². The van der Waals surface area contributed by atoms with Gasteiger partial charge in [-0.25, -0.2) is 0 Å². The molecule has 2 heterocycles. The predicted molar refractivity (Wildman–Crippen MR) is 105 cm³/mol. The maximum atomic E-state index is 13.0. The molecule has 0 aromatic heterocycles. The summed E-state index contributed by atoms with van der Waals surface area (Å²) in [6.45, 7) is 1.70. The number of likely N-dealkylation sites (tertiary alicyclic amines) is 1. The first kappa shape index (κ1) is 25.3. The maximum Gasteiger partial charge on any atom is 0.416 e. The zero-order chi connectivity index (χ0) is 24.4. The molecule has 33 heavy (non-hydrogen) atoms. The van der Waals surface area contributed by atoms with Crippen molar-refractivity contribution in [1.29, 1.82) is 0 Å². The van der Waals surface area contributed by atoms with Gasteiger partial charge < -0.3 is 20.7 Å². The number of ether oxygens (including phenoxy) is 1. The molecule has 0 radical (unpaired) electrons. The third-order valence-electron chi connectivity index (χ3n) is 6.11. The van der Waals surface area contributed by atoms with Gasteiger partial charge in [-0.05, 0) is 49.8 Å². The summed E-state index contributed by atoms with van der Waals surface area (Å²) in [6, 6.07) is 0.785. The van der Waals surface area contributed by atoms with Crippen LogP contribution < -0.4 is 11.1 Å². The van der Waals surface area contributed by atoms with Crippen LogP contribution in [0.2, 0.25) is 0 Å². The number of benzene rings is 1. The SMILES string of the molecule is NC1(C(=O)N2CCC(CNC(=O)c3cc(C(F)(F)F)cc(C(F)(F)F)c3)CC2)CCOCC1. The highest BCUT2D eigenvalue weighted by Gasteiger charge is 2.40. The van der Waals surface area contributed by atoms with Crippen LogP contribution in [-0.4, -0.2) is 55.1 Å². The van der Waals surface area contributed by atoms with Gasteiger partial charge in [0.05, 0.1) is 16.7 Å². The second-order valence-corrected chi connectivity index (χ2v) is 8.51. The van der Waals surface area contributed by atoms with Crippen molar-refractivity contribution in [2.75, 3.05) is 32.8 Å². The van der Waals surface area contributed by atoms with Gasteiger partial charge in [-0.2, -0.15) is 26.3 Å². The van der Waals surface area contributed by atoms with Gasteiger partial charge in [0.15, 0.2) is 0 Å². The number of rotatable bonds is 4. The van der Waals surface area contributed by atoms with Crippen molar-refractivity contribution in [3.05, 3.63) is 34.9 Å². The van der Waals surface area contributed by atoms with E-state index in [2.05, 4.69) is 5.32 Å². The zero-order valence-electron chi connectivity index (χ0n) is 17.7. The molecule has 1 aromatic carbocycles. The van der Waals surface area contributed by atoms with Crippen molar-refractivity contribution in [2.24, 2.45) is 11.7 Å². The highest BCUT2D eigenvalue weighted by Crippen LogP contribution is 2.36. The fraction of sp³-hybridized carbons (Fsp3) is 0.619. The molecule has 2 aliphatic heterocycles. The van der Waals surface area contributed by atoms with Crippen molar-refractivity contribution >= 4 is 11.8 Å². The average molecular weight is 481 g/mol. The highest BCUT2D eigenvalue weighted by atomic mass is 19.4. The van der Waals surface area contributed by atoms with Crippen LogP contribution in [0.15, 0.2) is 18.2 Å². The lowest BCUT2D eigenvalue weighted by Gasteiger charge is -2.39. The lowest BCUT2D eigenvalue weighted by molar-refractivity contribution is -0.143. The van der Waals surface area contributed by atoms with Gasteiger partial charge in [0, 0.05) is 38.4 Å². The van der Waals surface area contributed by atoms with Crippen molar-refractivity contribution in [3.63, 3.8) is 0 Å². The first-order valence-corrected chi connectivity index (χ1v) is 10.5. The summed E-state index contributed by atoms with van der Waals surface area (Å²) in [7, 11) is 0. The highest BCUT2D eigenvalue weighted by molar-refractivity contribution is 5.94. The van der Waals surface area contributed by atoms with E-state index in [1.54, 1.807) is 4.90 Å². The molecule has 2 saturated heterocycles. The molecule has 1 aromatic rings. The fourth-order valence-electron chi connectivity index (χ4n) is 4.03. The Hall–Kier alpha value is -2.34. The molecule has 2 amide bonds. The standard InChI is InChI=1S/C21H25F6N3O3/c22-20(23,24)15-9-14(10-16(11-15)21(25,26)27)17(31)29-12-13-1-5-30(6-2-13)18(32)19(28)3-7-33-8-4-19/h9-11,13H,1-8,12,28H2,(H,29,31). The number of piperidine rings is 1. The minimum absolute atomic E-state index is 0.0217. The van der Waals surface area contributed by atoms with E-state index in [1.807, 2.05) is 0 Å². The van der Waals surface area contributed by atoms with Crippen LogP contribution in [0.5, 0.6) is 0 Å². The molecule has 0 unspecified atom stereocenters. The first-order chi connectivity index (χ1) is 15.3. The molecular weight excluding hydrogens is 456 g/mol.